The summed E-state index contributed by atoms with van der Waals surface area (Å²) >= 11 is 3.59. The van der Waals surface area contributed by atoms with Gasteiger partial charge in [-0.2, -0.15) is 0 Å². The predicted octanol–water partition coefficient (Wildman–Crippen LogP) is 1.64. The van der Waals surface area contributed by atoms with Crippen molar-refractivity contribution in [3.05, 3.63) is 12.5 Å². The van der Waals surface area contributed by atoms with Gasteiger partial charge in [-0.1, -0.05) is 15.9 Å². The quantitative estimate of drug-likeness (QED) is 0.828. The van der Waals surface area contributed by atoms with E-state index in [4.69, 9.17) is 0 Å². The van der Waals surface area contributed by atoms with Crippen molar-refractivity contribution < 1.29 is 8.42 Å². The molecular weight excluding hydrogens is 306 g/mol. The summed E-state index contributed by atoms with van der Waals surface area (Å²) in [4.78, 5) is 6.92. The van der Waals surface area contributed by atoms with Crippen LogP contribution in [0.1, 0.15) is 25.7 Å². The van der Waals surface area contributed by atoms with Crippen molar-refractivity contribution in [1.82, 2.24) is 14.7 Å². The third kappa shape index (κ3) is 3.53. The van der Waals surface area contributed by atoms with Crippen LogP contribution in [0.25, 0.3) is 0 Å². The first-order valence-electron chi connectivity index (χ1n) is 5.70. The number of aromatic nitrogens is 2. The Labute approximate surface area is 110 Å². The van der Waals surface area contributed by atoms with E-state index in [-0.39, 0.29) is 5.03 Å². The number of rotatable bonds is 4. The number of nitrogens with zero attached hydrogens (tertiary/aromatic N) is 1. The van der Waals surface area contributed by atoms with Crippen molar-refractivity contribution in [1.29, 1.82) is 0 Å². The van der Waals surface area contributed by atoms with Gasteiger partial charge in [0.1, 0.15) is 0 Å². The van der Waals surface area contributed by atoms with Crippen molar-refractivity contribution in [3.63, 3.8) is 0 Å². The van der Waals surface area contributed by atoms with E-state index < -0.39 is 10.0 Å². The molecule has 2 rings (SSSR count). The number of imidazole rings is 1. The molecule has 17 heavy (non-hydrogen) atoms. The van der Waals surface area contributed by atoms with Crippen LogP contribution in [0.2, 0.25) is 0 Å². The molecule has 0 amide bonds. The number of aromatic amines is 1. The molecular formula is C10H16BrN3O2S. The smallest absolute Gasteiger partial charge is 0.257 e. The molecule has 1 aromatic heterocycles. The first-order valence-corrected chi connectivity index (χ1v) is 8.10. The van der Waals surface area contributed by atoms with Crippen LogP contribution in [0, 0.1) is 5.92 Å². The van der Waals surface area contributed by atoms with E-state index >= 15 is 0 Å². The summed E-state index contributed by atoms with van der Waals surface area (Å²) in [6.07, 6.45) is 7.07. The maximum absolute atomic E-state index is 11.8. The average molecular weight is 322 g/mol. The minimum Gasteiger partial charge on any atom is -0.335 e. The molecule has 0 bridgehead atoms. The number of sulfonamides is 1. The molecule has 0 unspecified atom stereocenters. The van der Waals surface area contributed by atoms with Crippen molar-refractivity contribution in [2.24, 2.45) is 5.92 Å². The van der Waals surface area contributed by atoms with Gasteiger partial charge in [0.2, 0.25) is 0 Å². The Bertz CT molecular complexity index is 438. The third-order valence-electron chi connectivity index (χ3n) is 3.10. The SMILES string of the molecule is O=S(=O)(NCC1CCC(Br)CC1)c1cnc[nH]1. The number of hydrogen-bond donors (Lipinski definition) is 2. The Balaban J connectivity index is 1.86. The summed E-state index contributed by atoms with van der Waals surface area (Å²) in [5.74, 6) is 0.446. The topological polar surface area (TPSA) is 74.8 Å². The summed E-state index contributed by atoms with van der Waals surface area (Å²) < 4.78 is 26.2. The summed E-state index contributed by atoms with van der Waals surface area (Å²) in [7, 11) is -3.41. The molecule has 1 aliphatic carbocycles. The standard InChI is InChI=1S/C10H16BrN3O2S/c11-9-3-1-8(2-4-9)5-14-17(15,16)10-6-12-7-13-10/h6-9,14H,1-5H2,(H,12,13). The summed E-state index contributed by atoms with van der Waals surface area (Å²) in [5, 5.41) is 0.131. The van der Waals surface area contributed by atoms with E-state index in [2.05, 4.69) is 30.6 Å². The summed E-state index contributed by atoms with van der Waals surface area (Å²) in [6.45, 7) is 0.515. The normalized spacial score (nSPS) is 25.9. The second-order valence-electron chi connectivity index (χ2n) is 4.39. The first-order chi connectivity index (χ1) is 8.08. The molecule has 0 radical (unpaired) electrons. The van der Waals surface area contributed by atoms with Crippen LogP contribution in [0.4, 0.5) is 0 Å². The molecule has 5 nitrogen and oxygen atoms in total. The molecule has 2 N–H and O–H groups in total. The van der Waals surface area contributed by atoms with E-state index in [9.17, 15) is 8.42 Å². The molecule has 0 atom stereocenters. The Hall–Kier alpha value is -0.400. The van der Waals surface area contributed by atoms with Crippen LogP contribution in [-0.2, 0) is 10.0 Å². The second-order valence-corrected chi connectivity index (χ2v) is 7.42. The first kappa shape index (κ1) is 13.0. The minimum absolute atomic E-state index is 0.131. The van der Waals surface area contributed by atoms with Gasteiger partial charge in [-0.05, 0) is 31.6 Å². The van der Waals surface area contributed by atoms with Crippen molar-refractivity contribution in [3.8, 4) is 0 Å². The molecule has 0 aromatic carbocycles. The van der Waals surface area contributed by atoms with Gasteiger partial charge in [-0.15, -0.1) is 0 Å². The number of alkyl halides is 1. The fraction of sp³-hybridized carbons (Fsp3) is 0.700. The Morgan fingerprint density at radius 1 is 1.41 bits per heavy atom. The lowest BCUT2D eigenvalue weighted by molar-refractivity contribution is 0.366. The lowest BCUT2D eigenvalue weighted by Crippen LogP contribution is -2.31. The van der Waals surface area contributed by atoms with Gasteiger partial charge >= 0.3 is 0 Å². The highest BCUT2D eigenvalue weighted by Gasteiger charge is 2.22. The average Bonchev–Trinajstić information content (AvgIpc) is 2.82. The number of hydrogen-bond acceptors (Lipinski definition) is 3. The maximum atomic E-state index is 11.8. The van der Waals surface area contributed by atoms with Gasteiger partial charge < -0.3 is 4.98 Å². The zero-order chi connectivity index (χ0) is 12.3. The zero-order valence-electron chi connectivity index (χ0n) is 9.39. The number of H-pyrrole nitrogens is 1. The van der Waals surface area contributed by atoms with Crippen molar-refractivity contribution in [2.45, 2.75) is 35.5 Å². The molecule has 1 aromatic rings. The second kappa shape index (κ2) is 5.49. The number of halogens is 1. The van der Waals surface area contributed by atoms with Gasteiger partial charge in [-0.3, -0.25) is 0 Å². The largest absolute Gasteiger partial charge is 0.335 e. The van der Waals surface area contributed by atoms with Crippen LogP contribution in [0.3, 0.4) is 0 Å². The van der Waals surface area contributed by atoms with Gasteiger partial charge in [0.15, 0.2) is 5.03 Å². The third-order valence-corrected chi connectivity index (χ3v) is 5.37. The fourth-order valence-corrected chi connectivity index (χ4v) is 3.57. The summed E-state index contributed by atoms with van der Waals surface area (Å²) in [5.41, 5.74) is 0. The highest BCUT2D eigenvalue weighted by Crippen LogP contribution is 2.28. The van der Waals surface area contributed by atoms with Crippen LogP contribution in [-0.4, -0.2) is 29.8 Å². The monoisotopic (exact) mass is 321 g/mol. The summed E-state index contributed by atoms with van der Waals surface area (Å²) in [6, 6.07) is 0. The molecule has 7 heteroatoms. The van der Waals surface area contributed by atoms with Gasteiger partial charge in [0, 0.05) is 11.4 Å². The van der Waals surface area contributed by atoms with Crippen LogP contribution < -0.4 is 4.72 Å². The van der Waals surface area contributed by atoms with Gasteiger partial charge in [0.05, 0.1) is 12.5 Å². The molecule has 1 heterocycles. The van der Waals surface area contributed by atoms with Crippen LogP contribution in [0.15, 0.2) is 17.6 Å². The zero-order valence-corrected chi connectivity index (χ0v) is 11.8. The van der Waals surface area contributed by atoms with Gasteiger partial charge in [-0.25, -0.2) is 18.1 Å². The lowest BCUT2D eigenvalue weighted by Gasteiger charge is -2.25. The van der Waals surface area contributed by atoms with Crippen LogP contribution >= 0.6 is 15.9 Å². The number of nitrogens with one attached hydrogen (secondary N) is 2. The Morgan fingerprint density at radius 3 is 2.71 bits per heavy atom. The predicted molar refractivity (Wildman–Crippen MR) is 68.4 cm³/mol. The maximum Gasteiger partial charge on any atom is 0.257 e. The lowest BCUT2D eigenvalue weighted by atomic mass is 9.89. The highest BCUT2D eigenvalue weighted by atomic mass is 79.9. The fourth-order valence-electron chi connectivity index (χ4n) is 2.02. The Morgan fingerprint density at radius 2 is 2.12 bits per heavy atom. The van der Waals surface area contributed by atoms with E-state index in [1.165, 1.54) is 12.5 Å². The molecule has 96 valence electrons. The molecule has 1 aliphatic rings. The molecule has 1 saturated carbocycles. The Kier molecular flexibility index (Phi) is 4.22. The molecule has 0 aliphatic heterocycles. The van der Waals surface area contributed by atoms with Gasteiger partial charge in [0.25, 0.3) is 10.0 Å². The van der Waals surface area contributed by atoms with E-state index in [1.807, 2.05) is 0 Å². The molecule has 0 spiro atoms. The molecule has 1 fully saturated rings. The highest BCUT2D eigenvalue weighted by molar-refractivity contribution is 9.09. The van der Waals surface area contributed by atoms with E-state index in [0.717, 1.165) is 25.7 Å². The van der Waals surface area contributed by atoms with E-state index in [0.29, 0.717) is 17.3 Å². The van der Waals surface area contributed by atoms with Crippen LogP contribution in [0.5, 0.6) is 0 Å². The van der Waals surface area contributed by atoms with Crippen molar-refractivity contribution >= 4 is 26.0 Å². The minimum atomic E-state index is -3.41. The van der Waals surface area contributed by atoms with Crippen molar-refractivity contribution in [2.75, 3.05) is 6.54 Å². The molecule has 0 saturated heterocycles. The van der Waals surface area contributed by atoms with E-state index in [1.54, 1.807) is 0 Å².